The van der Waals surface area contributed by atoms with Crippen LogP contribution in [0.4, 0.5) is 0 Å². The van der Waals surface area contributed by atoms with Crippen LogP contribution in [0, 0.1) is 5.92 Å². The molecule has 1 aromatic heterocycles. The third kappa shape index (κ3) is 1.69. The van der Waals surface area contributed by atoms with E-state index in [1.54, 1.807) is 0 Å². The molecule has 1 aromatic rings. The summed E-state index contributed by atoms with van der Waals surface area (Å²) in [6.45, 7) is 1.07. The van der Waals surface area contributed by atoms with E-state index in [-0.39, 0.29) is 6.10 Å². The van der Waals surface area contributed by atoms with E-state index < -0.39 is 0 Å². The molecule has 1 N–H and O–H groups in total. The largest absolute Gasteiger partial charge is 0.393 e. The predicted octanol–water partition coefficient (Wildman–Crippen LogP) is 1.65. The monoisotopic (exact) mass is 165 g/mol. The normalized spacial score (nSPS) is 29.4. The van der Waals surface area contributed by atoms with E-state index in [9.17, 15) is 5.11 Å². The molecule has 2 heteroatoms. The van der Waals surface area contributed by atoms with Crippen molar-refractivity contribution < 1.29 is 5.11 Å². The highest BCUT2D eigenvalue weighted by atomic mass is 16.3. The summed E-state index contributed by atoms with van der Waals surface area (Å²) in [4.78, 5) is 0. The molecular weight excluding hydrogens is 150 g/mol. The van der Waals surface area contributed by atoms with Crippen molar-refractivity contribution in [3.8, 4) is 0 Å². The van der Waals surface area contributed by atoms with Gasteiger partial charge in [-0.1, -0.05) is 0 Å². The zero-order chi connectivity index (χ0) is 8.39. The fourth-order valence-electron chi connectivity index (χ4n) is 2.00. The Balaban J connectivity index is 1.88. The first-order valence-electron chi connectivity index (χ1n) is 4.63. The molecule has 2 atom stereocenters. The van der Waals surface area contributed by atoms with Crippen molar-refractivity contribution in [1.29, 1.82) is 0 Å². The predicted molar refractivity (Wildman–Crippen MR) is 47.8 cm³/mol. The zero-order valence-corrected chi connectivity index (χ0v) is 7.19. The maximum absolute atomic E-state index is 9.32. The van der Waals surface area contributed by atoms with Crippen LogP contribution >= 0.6 is 0 Å². The fourth-order valence-corrected chi connectivity index (χ4v) is 2.00. The van der Waals surface area contributed by atoms with E-state index in [1.807, 2.05) is 12.1 Å². The van der Waals surface area contributed by atoms with Crippen molar-refractivity contribution in [2.75, 3.05) is 0 Å². The molecule has 0 saturated heterocycles. The third-order valence-corrected chi connectivity index (χ3v) is 2.65. The summed E-state index contributed by atoms with van der Waals surface area (Å²) in [6, 6.07) is 4.09. The maximum Gasteiger partial charge on any atom is 0.0543 e. The van der Waals surface area contributed by atoms with Crippen LogP contribution in [0.3, 0.4) is 0 Å². The van der Waals surface area contributed by atoms with Gasteiger partial charge < -0.3 is 9.67 Å². The van der Waals surface area contributed by atoms with Gasteiger partial charge in [0.05, 0.1) is 6.10 Å². The Morgan fingerprint density at radius 2 is 2.00 bits per heavy atom. The summed E-state index contributed by atoms with van der Waals surface area (Å²) in [5, 5.41) is 9.32. The van der Waals surface area contributed by atoms with Crippen molar-refractivity contribution in [3.05, 3.63) is 24.5 Å². The van der Waals surface area contributed by atoms with Crippen molar-refractivity contribution in [2.24, 2.45) is 5.92 Å². The van der Waals surface area contributed by atoms with Gasteiger partial charge in [0.1, 0.15) is 0 Å². The smallest absolute Gasteiger partial charge is 0.0543 e. The van der Waals surface area contributed by atoms with E-state index in [2.05, 4.69) is 17.0 Å². The molecule has 1 aliphatic carbocycles. The molecule has 0 bridgehead atoms. The number of nitrogens with zero attached hydrogens (tertiary/aromatic N) is 1. The second kappa shape index (κ2) is 3.31. The molecule has 12 heavy (non-hydrogen) atoms. The van der Waals surface area contributed by atoms with Gasteiger partial charge in [-0.05, 0) is 37.3 Å². The summed E-state index contributed by atoms with van der Waals surface area (Å²) in [5.41, 5.74) is 0. The molecule has 2 nitrogen and oxygen atoms in total. The quantitative estimate of drug-likeness (QED) is 0.708. The zero-order valence-electron chi connectivity index (χ0n) is 7.19. The van der Waals surface area contributed by atoms with Gasteiger partial charge in [-0.15, -0.1) is 0 Å². The second-order valence-electron chi connectivity index (χ2n) is 3.71. The lowest BCUT2D eigenvalue weighted by atomic mass is 10.1. The molecule has 0 radical (unpaired) electrons. The van der Waals surface area contributed by atoms with E-state index in [0.29, 0.717) is 5.92 Å². The van der Waals surface area contributed by atoms with E-state index >= 15 is 0 Å². The van der Waals surface area contributed by atoms with Crippen LogP contribution in [0.5, 0.6) is 0 Å². The molecule has 2 rings (SSSR count). The van der Waals surface area contributed by atoms with Crippen LogP contribution in [0.2, 0.25) is 0 Å². The van der Waals surface area contributed by atoms with Gasteiger partial charge in [-0.2, -0.15) is 0 Å². The molecule has 1 heterocycles. The van der Waals surface area contributed by atoms with Crippen LogP contribution in [0.15, 0.2) is 24.5 Å². The fraction of sp³-hybridized carbons (Fsp3) is 0.600. The average molecular weight is 165 g/mol. The number of aliphatic hydroxyl groups excluding tert-OH is 1. The minimum atomic E-state index is -0.0365. The Hall–Kier alpha value is -0.760. The highest BCUT2D eigenvalue weighted by Gasteiger charge is 2.22. The molecule has 2 unspecified atom stereocenters. The lowest BCUT2D eigenvalue weighted by Crippen LogP contribution is -2.07. The lowest BCUT2D eigenvalue weighted by Gasteiger charge is -2.09. The Morgan fingerprint density at radius 3 is 2.58 bits per heavy atom. The minimum Gasteiger partial charge on any atom is -0.393 e. The Morgan fingerprint density at radius 1 is 1.25 bits per heavy atom. The van der Waals surface area contributed by atoms with Gasteiger partial charge in [0, 0.05) is 18.9 Å². The van der Waals surface area contributed by atoms with Crippen molar-refractivity contribution >= 4 is 0 Å². The summed E-state index contributed by atoms with van der Waals surface area (Å²) in [5.74, 6) is 0.687. The molecule has 66 valence electrons. The number of aliphatic hydroxyl groups is 1. The van der Waals surface area contributed by atoms with Crippen molar-refractivity contribution in [3.63, 3.8) is 0 Å². The maximum atomic E-state index is 9.32. The van der Waals surface area contributed by atoms with Crippen LogP contribution in [-0.4, -0.2) is 15.8 Å². The summed E-state index contributed by atoms with van der Waals surface area (Å²) in [6.07, 6.45) is 7.30. The van der Waals surface area contributed by atoms with Crippen LogP contribution in [-0.2, 0) is 6.54 Å². The Labute approximate surface area is 72.8 Å². The molecule has 0 spiro atoms. The SMILES string of the molecule is OC1CCC(Cn2cccc2)C1. The number of aromatic nitrogens is 1. The Kier molecular flexibility index (Phi) is 2.17. The van der Waals surface area contributed by atoms with Crippen molar-refractivity contribution in [2.45, 2.75) is 31.9 Å². The van der Waals surface area contributed by atoms with E-state index in [1.165, 1.54) is 6.42 Å². The van der Waals surface area contributed by atoms with E-state index in [4.69, 9.17) is 0 Å². The van der Waals surface area contributed by atoms with E-state index in [0.717, 1.165) is 19.4 Å². The average Bonchev–Trinajstić information content (AvgIpc) is 2.63. The minimum absolute atomic E-state index is 0.0365. The first-order chi connectivity index (χ1) is 5.84. The molecule has 0 amide bonds. The number of hydrogen-bond donors (Lipinski definition) is 1. The van der Waals surface area contributed by atoms with Crippen LogP contribution in [0.1, 0.15) is 19.3 Å². The lowest BCUT2D eigenvalue weighted by molar-refractivity contribution is 0.176. The van der Waals surface area contributed by atoms with Crippen molar-refractivity contribution in [1.82, 2.24) is 4.57 Å². The summed E-state index contributed by atoms with van der Waals surface area (Å²) in [7, 11) is 0. The molecule has 0 aromatic carbocycles. The van der Waals surface area contributed by atoms with Gasteiger partial charge in [0.15, 0.2) is 0 Å². The van der Waals surface area contributed by atoms with Gasteiger partial charge in [-0.3, -0.25) is 0 Å². The highest BCUT2D eigenvalue weighted by molar-refractivity contribution is 4.91. The third-order valence-electron chi connectivity index (χ3n) is 2.65. The Bertz CT molecular complexity index is 230. The van der Waals surface area contributed by atoms with Crippen LogP contribution < -0.4 is 0 Å². The summed E-state index contributed by atoms with van der Waals surface area (Å²) < 4.78 is 2.20. The molecule has 1 fully saturated rings. The molecule has 1 aliphatic rings. The molecule has 0 aliphatic heterocycles. The molecule has 1 saturated carbocycles. The summed E-state index contributed by atoms with van der Waals surface area (Å²) >= 11 is 0. The highest BCUT2D eigenvalue weighted by Crippen LogP contribution is 2.26. The van der Waals surface area contributed by atoms with Crippen LogP contribution in [0.25, 0.3) is 0 Å². The first kappa shape index (κ1) is 7.87. The van der Waals surface area contributed by atoms with Gasteiger partial charge >= 0.3 is 0 Å². The molecular formula is C10H15NO. The van der Waals surface area contributed by atoms with Gasteiger partial charge in [-0.25, -0.2) is 0 Å². The standard InChI is InChI=1S/C10H15NO/c12-10-4-3-9(7-10)8-11-5-1-2-6-11/h1-2,5-6,9-10,12H,3-4,7-8H2. The topological polar surface area (TPSA) is 25.2 Å². The second-order valence-corrected chi connectivity index (χ2v) is 3.71. The van der Waals surface area contributed by atoms with Gasteiger partial charge in [0.2, 0.25) is 0 Å². The van der Waals surface area contributed by atoms with Gasteiger partial charge in [0.25, 0.3) is 0 Å². The number of rotatable bonds is 2. The first-order valence-corrected chi connectivity index (χ1v) is 4.63. The number of hydrogen-bond acceptors (Lipinski definition) is 1.